The number of rotatable bonds is 7. The smallest absolute Gasteiger partial charge is 0.251 e. The molecule has 0 aliphatic heterocycles. The van der Waals surface area contributed by atoms with Crippen LogP contribution in [-0.2, 0) is 32.8 Å². The molecule has 0 saturated heterocycles. The van der Waals surface area contributed by atoms with Crippen molar-refractivity contribution in [3.05, 3.63) is 69.6 Å². The van der Waals surface area contributed by atoms with Crippen LogP contribution in [0.2, 0.25) is 0 Å². The second-order valence-electron chi connectivity index (χ2n) is 6.88. The van der Waals surface area contributed by atoms with E-state index in [9.17, 15) is 21.6 Å². The molecular weight excluding hydrogens is 444 g/mol. The van der Waals surface area contributed by atoms with Crippen molar-refractivity contribution in [3.8, 4) is 10.4 Å². The average molecular weight is 467 g/mol. The molecule has 2 N–H and O–H groups in total. The first-order valence-electron chi connectivity index (χ1n) is 9.13. The number of benzene rings is 1. The lowest BCUT2D eigenvalue weighted by Gasteiger charge is -2.07. The van der Waals surface area contributed by atoms with Crippen molar-refractivity contribution in [2.45, 2.75) is 35.9 Å². The summed E-state index contributed by atoms with van der Waals surface area (Å²) < 4.78 is 51.1. The Morgan fingerprint density at radius 3 is 2.30 bits per heavy atom. The van der Waals surface area contributed by atoms with E-state index in [1.807, 2.05) is 6.92 Å². The first-order valence-corrected chi connectivity index (χ1v) is 13.3. The number of hydrogen-bond acceptors (Lipinski definition) is 6. The molecule has 0 saturated carbocycles. The third-order valence-corrected chi connectivity index (χ3v) is 8.77. The molecule has 0 amide bonds. The highest BCUT2D eigenvalue weighted by Gasteiger charge is 2.18. The van der Waals surface area contributed by atoms with E-state index >= 15 is 0 Å². The van der Waals surface area contributed by atoms with E-state index in [-0.39, 0.29) is 21.2 Å². The number of aromatic amines is 1. The zero-order valence-corrected chi connectivity index (χ0v) is 19.2. The molecule has 0 radical (unpaired) electrons. The van der Waals surface area contributed by atoms with E-state index in [0.717, 1.165) is 28.0 Å². The molecule has 7 nitrogen and oxygen atoms in total. The van der Waals surface area contributed by atoms with Crippen molar-refractivity contribution in [1.29, 1.82) is 0 Å². The van der Waals surface area contributed by atoms with Crippen LogP contribution < -0.4 is 10.3 Å². The summed E-state index contributed by atoms with van der Waals surface area (Å²) in [5.41, 5.74) is 2.64. The summed E-state index contributed by atoms with van der Waals surface area (Å²) in [6.45, 7) is 3.71. The first kappa shape index (κ1) is 22.4. The van der Waals surface area contributed by atoms with Crippen LogP contribution in [0.15, 0.2) is 56.4 Å². The maximum Gasteiger partial charge on any atom is 0.251 e. The number of hydrogen-bond donors (Lipinski definition) is 2. The summed E-state index contributed by atoms with van der Waals surface area (Å²) in [6, 6.07) is 11.1. The van der Waals surface area contributed by atoms with Gasteiger partial charge in [-0.1, -0.05) is 19.1 Å². The topological polar surface area (TPSA) is 113 Å². The standard InChI is InChI=1S/C20H22N2O5S3/c1-4-15-11-17(13(2)22-20(15)23)18-9-10-19(28-18)30(26,27)21-12-14-5-7-16(8-6-14)29(3,24)25/h5-11,21H,4,12H2,1-3H3,(H,22,23). The Kier molecular flexibility index (Phi) is 6.32. The van der Waals surface area contributed by atoms with E-state index in [1.165, 1.54) is 18.2 Å². The van der Waals surface area contributed by atoms with Gasteiger partial charge in [-0.05, 0) is 49.2 Å². The van der Waals surface area contributed by atoms with Gasteiger partial charge in [0.25, 0.3) is 5.56 Å². The van der Waals surface area contributed by atoms with Crippen molar-refractivity contribution >= 4 is 31.2 Å². The van der Waals surface area contributed by atoms with Crippen molar-refractivity contribution in [3.63, 3.8) is 0 Å². The Balaban J connectivity index is 1.80. The lowest BCUT2D eigenvalue weighted by Crippen LogP contribution is -2.22. The van der Waals surface area contributed by atoms with Crippen LogP contribution in [0.1, 0.15) is 23.7 Å². The molecule has 160 valence electrons. The Hall–Kier alpha value is -2.27. The van der Waals surface area contributed by atoms with Gasteiger partial charge in [0.1, 0.15) is 4.21 Å². The minimum Gasteiger partial charge on any atom is -0.326 e. The summed E-state index contributed by atoms with van der Waals surface area (Å²) in [5, 5.41) is 0. The minimum atomic E-state index is -3.74. The fraction of sp³-hybridized carbons (Fsp3) is 0.250. The molecule has 10 heteroatoms. The van der Waals surface area contributed by atoms with Crippen molar-refractivity contribution in [1.82, 2.24) is 9.71 Å². The zero-order valence-electron chi connectivity index (χ0n) is 16.7. The van der Waals surface area contributed by atoms with Crippen molar-refractivity contribution in [2.75, 3.05) is 6.26 Å². The number of aromatic nitrogens is 1. The van der Waals surface area contributed by atoms with E-state index < -0.39 is 19.9 Å². The Bertz CT molecular complexity index is 1340. The number of aryl methyl sites for hydroxylation is 2. The van der Waals surface area contributed by atoms with E-state index in [4.69, 9.17) is 0 Å². The summed E-state index contributed by atoms with van der Waals surface area (Å²) in [4.78, 5) is 15.7. The van der Waals surface area contributed by atoms with Gasteiger partial charge in [-0.2, -0.15) is 0 Å². The predicted octanol–water partition coefficient (Wildman–Crippen LogP) is 2.86. The predicted molar refractivity (Wildman–Crippen MR) is 118 cm³/mol. The third kappa shape index (κ3) is 4.89. The zero-order chi connectivity index (χ0) is 22.1. The lowest BCUT2D eigenvalue weighted by molar-refractivity contribution is 0.583. The highest BCUT2D eigenvalue weighted by atomic mass is 32.2. The highest BCUT2D eigenvalue weighted by molar-refractivity contribution is 7.91. The molecule has 2 heterocycles. The fourth-order valence-electron chi connectivity index (χ4n) is 2.90. The van der Waals surface area contributed by atoms with Gasteiger partial charge in [0, 0.05) is 34.5 Å². The van der Waals surface area contributed by atoms with E-state index in [0.29, 0.717) is 23.2 Å². The molecule has 2 aromatic heterocycles. The van der Waals surface area contributed by atoms with Crippen LogP contribution in [-0.4, -0.2) is 28.1 Å². The SMILES string of the molecule is CCc1cc(-c2ccc(S(=O)(=O)NCc3ccc(S(C)(=O)=O)cc3)s2)c(C)[nH]c1=O. The molecule has 0 atom stereocenters. The molecule has 3 rings (SSSR count). The molecule has 0 fully saturated rings. The molecule has 3 aromatic rings. The van der Waals surface area contributed by atoms with Gasteiger partial charge in [-0.15, -0.1) is 11.3 Å². The number of sulfone groups is 1. The van der Waals surface area contributed by atoms with Crippen molar-refractivity contribution in [2.24, 2.45) is 0 Å². The monoisotopic (exact) mass is 466 g/mol. The summed E-state index contributed by atoms with van der Waals surface area (Å²) in [5.74, 6) is 0. The Morgan fingerprint density at radius 2 is 1.70 bits per heavy atom. The third-order valence-electron chi connectivity index (χ3n) is 4.63. The largest absolute Gasteiger partial charge is 0.326 e. The van der Waals surface area contributed by atoms with Gasteiger partial charge in [-0.25, -0.2) is 21.6 Å². The maximum absolute atomic E-state index is 12.7. The lowest BCUT2D eigenvalue weighted by atomic mass is 10.1. The molecule has 0 unspecified atom stereocenters. The normalized spacial score (nSPS) is 12.2. The Labute approximate surface area is 179 Å². The van der Waals surface area contributed by atoms with Crippen LogP contribution >= 0.6 is 11.3 Å². The van der Waals surface area contributed by atoms with E-state index in [2.05, 4.69) is 9.71 Å². The first-order chi connectivity index (χ1) is 14.0. The number of pyridine rings is 1. The number of thiophene rings is 1. The summed E-state index contributed by atoms with van der Waals surface area (Å²) >= 11 is 1.12. The second kappa shape index (κ2) is 8.46. The second-order valence-corrected chi connectivity index (χ2v) is 12.0. The quantitative estimate of drug-likeness (QED) is 0.556. The van der Waals surface area contributed by atoms with Gasteiger partial charge in [-0.3, -0.25) is 4.79 Å². The van der Waals surface area contributed by atoms with E-state index in [1.54, 1.807) is 31.2 Å². The molecule has 0 aliphatic rings. The average Bonchev–Trinajstić information content (AvgIpc) is 3.17. The molecular formula is C20H22N2O5S3. The van der Waals surface area contributed by atoms with Crippen LogP contribution in [0.4, 0.5) is 0 Å². The van der Waals surface area contributed by atoms with Crippen molar-refractivity contribution < 1.29 is 16.8 Å². The number of sulfonamides is 1. The molecule has 1 aromatic carbocycles. The molecule has 30 heavy (non-hydrogen) atoms. The van der Waals surface area contributed by atoms with Crippen LogP contribution in [0, 0.1) is 6.92 Å². The number of H-pyrrole nitrogens is 1. The van der Waals surface area contributed by atoms with Crippen LogP contribution in [0.3, 0.4) is 0 Å². The summed E-state index contributed by atoms with van der Waals surface area (Å²) in [7, 11) is -7.04. The highest BCUT2D eigenvalue weighted by Crippen LogP contribution is 2.32. The fourth-order valence-corrected chi connectivity index (χ4v) is 5.97. The molecule has 0 spiro atoms. The van der Waals surface area contributed by atoms with Gasteiger partial charge < -0.3 is 4.98 Å². The van der Waals surface area contributed by atoms with Gasteiger partial charge in [0.15, 0.2) is 9.84 Å². The summed E-state index contributed by atoms with van der Waals surface area (Å²) in [6.07, 6.45) is 1.70. The van der Waals surface area contributed by atoms with Crippen LogP contribution in [0.5, 0.6) is 0 Å². The minimum absolute atomic E-state index is 0.0390. The van der Waals surface area contributed by atoms with Gasteiger partial charge >= 0.3 is 0 Å². The van der Waals surface area contributed by atoms with Crippen LogP contribution in [0.25, 0.3) is 10.4 Å². The Morgan fingerprint density at radius 1 is 1.03 bits per heavy atom. The van der Waals surface area contributed by atoms with Gasteiger partial charge in [0.2, 0.25) is 10.0 Å². The molecule has 0 aliphatic carbocycles. The number of nitrogens with one attached hydrogen (secondary N) is 2. The maximum atomic E-state index is 12.7. The van der Waals surface area contributed by atoms with Gasteiger partial charge in [0.05, 0.1) is 4.90 Å². The molecule has 0 bridgehead atoms.